The van der Waals surface area contributed by atoms with Crippen LogP contribution in [0, 0.1) is 0 Å². The van der Waals surface area contributed by atoms with Gasteiger partial charge < -0.3 is 4.43 Å². The highest BCUT2D eigenvalue weighted by atomic mass is 32.2. The van der Waals surface area contributed by atoms with Crippen molar-refractivity contribution in [3.8, 4) is 5.75 Å². The minimum absolute atomic E-state index is 0.00935. The summed E-state index contributed by atoms with van der Waals surface area (Å²) in [6.07, 6.45) is 3.23. The molecule has 0 aliphatic carbocycles. The first kappa shape index (κ1) is 28.6. The predicted octanol–water partition coefficient (Wildman–Crippen LogP) is 6.14. The lowest BCUT2D eigenvalue weighted by Gasteiger charge is -2.47. The molecule has 3 atom stereocenters. The summed E-state index contributed by atoms with van der Waals surface area (Å²) in [4.78, 5) is 5.36. The molecule has 3 unspecified atom stereocenters. The second-order valence-corrected chi connectivity index (χ2v) is 18.6. The number of piperazine rings is 1. The summed E-state index contributed by atoms with van der Waals surface area (Å²) in [5.41, 5.74) is 2.25. The summed E-state index contributed by atoms with van der Waals surface area (Å²) in [5.74, 6) is 0.905. The quantitative estimate of drug-likeness (QED) is 0.304. The van der Waals surface area contributed by atoms with Crippen molar-refractivity contribution >= 4 is 18.2 Å². The maximum atomic E-state index is 12.1. The second-order valence-electron chi connectivity index (χ2n) is 11.8. The summed E-state index contributed by atoms with van der Waals surface area (Å²) < 4.78 is 30.9. The van der Waals surface area contributed by atoms with Crippen molar-refractivity contribution in [3.05, 3.63) is 72.3 Å². The van der Waals surface area contributed by atoms with Crippen molar-refractivity contribution < 1.29 is 12.8 Å². The maximum absolute atomic E-state index is 12.1. The lowest BCUT2D eigenvalue weighted by Crippen LogP contribution is -2.57. The monoisotopic (exact) mass is 528 g/mol. The van der Waals surface area contributed by atoms with Crippen LogP contribution in [0.25, 0.3) is 0 Å². The lowest BCUT2D eigenvalue weighted by molar-refractivity contribution is 0.0306. The Morgan fingerprint density at radius 1 is 1.06 bits per heavy atom. The van der Waals surface area contributed by atoms with Gasteiger partial charge in [-0.15, -0.1) is 6.58 Å². The molecule has 5 nitrogen and oxygen atoms in total. The van der Waals surface area contributed by atoms with Crippen LogP contribution in [0.3, 0.4) is 0 Å². The Morgan fingerprint density at radius 2 is 1.69 bits per heavy atom. The normalized spacial score (nSPS) is 21.2. The molecule has 1 fully saturated rings. The topological polar surface area (TPSA) is 49.9 Å². The molecule has 0 saturated carbocycles. The summed E-state index contributed by atoms with van der Waals surface area (Å²) >= 11 is 0. The zero-order valence-corrected chi connectivity index (χ0v) is 25.1. The highest BCUT2D eigenvalue weighted by Crippen LogP contribution is 2.39. The third-order valence-corrected chi connectivity index (χ3v) is 13.3. The van der Waals surface area contributed by atoms with Gasteiger partial charge in [0, 0.05) is 38.0 Å². The van der Waals surface area contributed by atoms with Gasteiger partial charge in [-0.25, -0.2) is 8.42 Å². The fraction of sp³-hybridized carbons (Fsp3) is 0.517. The third kappa shape index (κ3) is 6.49. The van der Waals surface area contributed by atoms with Gasteiger partial charge in [-0.05, 0) is 67.4 Å². The van der Waals surface area contributed by atoms with E-state index in [1.807, 2.05) is 18.2 Å². The first-order chi connectivity index (χ1) is 16.6. The van der Waals surface area contributed by atoms with E-state index >= 15 is 0 Å². The van der Waals surface area contributed by atoms with Gasteiger partial charge >= 0.3 is 0 Å². The van der Waals surface area contributed by atoms with Crippen LogP contribution in [0.1, 0.15) is 51.8 Å². The molecule has 1 aliphatic rings. The van der Waals surface area contributed by atoms with Crippen LogP contribution in [-0.2, 0) is 9.84 Å². The summed E-state index contributed by atoms with van der Waals surface area (Å²) in [5, 5.41) is 0.106. The molecule has 1 saturated heterocycles. The molecule has 1 heterocycles. The summed E-state index contributed by atoms with van der Waals surface area (Å²) in [6, 6.07) is 16.6. The Balaban J connectivity index is 2.05. The smallest absolute Gasteiger partial charge is 0.250 e. The maximum Gasteiger partial charge on any atom is 0.250 e. The van der Waals surface area contributed by atoms with Crippen molar-refractivity contribution in [1.29, 1.82) is 0 Å². The Labute approximate surface area is 220 Å². The van der Waals surface area contributed by atoms with Crippen LogP contribution in [0.4, 0.5) is 0 Å². The average molecular weight is 529 g/mol. The molecule has 0 radical (unpaired) electrons. The molecule has 2 aromatic rings. The van der Waals surface area contributed by atoms with Gasteiger partial charge in [0.25, 0.3) is 0 Å². The van der Waals surface area contributed by atoms with Crippen LogP contribution in [-0.4, -0.2) is 64.5 Å². The third-order valence-electron chi connectivity index (χ3n) is 7.84. The van der Waals surface area contributed by atoms with Crippen molar-refractivity contribution in [2.45, 2.75) is 75.8 Å². The van der Waals surface area contributed by atoms with Gasteiger partial charge in [0.2, 0.25) is 8.32 Å². The molecule has 1 aliphatic heterocycles. The first-order valence-electron chi connectivity index (χ1n) is 12.8. The van der Waals surface area contributed by atoms with Crippen LogP contribution in [0.2, 0.25) is 18.1 Å². The zero-order chi connectivity index (χ0) is 26.9. The summed E-state index contributed by atoms with van der Waals surface area (Å²) in [7, 11) is -5.24. The second kappa shape index (κ2) is 10.8. The SMILES string of the molecule is C=CCN1CC(C)N(C(c2ccc(S(C)(=O)=O)cc2)c2cccc(O[Si](C)(C)C(C)(C)C)c2)CC1C. The number of sulfone groups is 1. The highest BCUT2D eigenvalue weighted by Gasteiger charge is 2.39. The van der Waals surface area contributed by atoms with E-state index < -0.39 is 18.2 Å². The number of hydrogen-bond donors (Lipinski definition) is 0. The van der Waals surface area contributed by atoms with Crippen LogP contribution < -0.4 is 4.43 Å². The van der Waals surface area contributed by atoms with Gasteiger partial charge in [0.1, 0.15) is 5.75 Å². The molecule has 198 valence electrons. The molecule has 2 aromatic carbocycles. The van der Waals surface area contributed by atoms with E-state index in [1.165, 1.54) is 6.26 Å². The van der Waals surface area contributed by atoms with Gasteiger partial charge in [-0.3, -0.25) is 9.80 Å². The zero-order valence-electron chi connectivity index (χ0n) is 23.3. The van der Waals surface area contributed by atoms with Crippen LogP contribution >= 0.6 is 0 Å². The summed E-state index contributed by atoms with van der Waals surface area (Å²) in [6.45, 7) is 22.5. The van der Waals surface area contributed by atoms with Crippen molar-refractivity contribution in [2.24, 2.45) is 0 Å². The minimum atomic E-state index is -3.25. The number of rotatable bonds is 8. The van der Waals surface area contributed by atoms with Gasteiger partial charge in [0.15, 0.2) is 9.84 Å². The Hall–Kier alpha value is -1.93. The molecule has 3 rings (SSSR count). The van der Waals surface area contributed by atoms with E-state index in [9.17, 15) is 8.42 Å². The first-order valence-corrected chi connectivity index (χ1v) is 17.6. The fourth-order valence-electron chi connectivity index (χ4n) is 4.67. The van der Waals surface area contributed by atoms with Crippen molar-refractivity contribution in [3.63, 3.8) is 0 Å². The molecule has 0 amide bonds. The largest absolute Gasteiger partial charge is 0.543 e. The Morgan fingerprint density at radius 3 is 2.25 bits per heavy atom. The molecular formula is C29H44N2O3SSi. The average Bonchev–Trinajstić information content (AvgIpc) is 2.76. The van der Waals surface area contributed by atoms with Gasteiger partial charge in [-0.1, -0.05) is 51.1 Å². The molecular weight excluding hydrogens is 484 g/mol. The standard InChI is InChI=1S/C29H44N2O3SSi/c1-10-18-30-20-23(3)31(21-22(30)2)28(24-14-16-27(17-15-24)35(7,32)33)25-12-11-13-26(19-25)34-36(8,9)29(4,5)6/h10-17,19,22-23,28H,1,18,20-21H2,2-9H3. The molecule has 0 aromatic heterocycles. The lowest BCUT2D eigenvalue weighted by atomic mass is 9.93. The van der Waals surface area contributed by atoms with E-state index in [0.29, 0.717) is 17.0 Å². The van der Waals surface area contributed by atoms with E-state index in [0.717, 1.165) is 36.5 Å². The van der Waals surface area contributed by atoms with E-state index in [4.69, 9.17) is 4.43 Å². The fourth-order valence-corrected chi connectivity index (χ4v) is 6.33. The molecule has 0 spiro atoms. The van der Waals surface area contributed by atoms with E-state index in [1.54, 1.807) is 12.1 Å². The Kier molecular flexibility index (Phi) is 8.60. The number of hydrogen-bond acceptors (Lipinski definition) is 5. The highest BCUT2D eigenvalue weighted by molar-refractivity contribution is 7.90. The predicted molar refractivity (Wildman–Crippen MR) is 153 cm³/mol. The van der Waals surface area contributed by atoms with Crippen LogP contribution in [0.5, 0.6) is 5.75 Å². The number of benzene rings is 2. The molecule has 0 bridgehead atoms. The van der Waals surface area contributed by atoms with Gasteiger partial charge in [-0.2, -0.15) is 0 Å². The Bertz CT molecular complexity index is 1160. The van der Waals surface area contributed by atoms with Crippen LogP contribution in [0.15, 0.2) is 66.1 Å². The van der Waals surface area contributed by atoms with Crippen molar-refractivity contribution in [1.82, 2.24) is 9.80 Å². The van der Waals surface area contributed by atoms with E-state index in [-0.39, 0.29) is 11.1 Å². The van der Waals surface area contributed by atoms with Gasteiger partial charge in [0.05, 0.1) is 10.9 Å². The molecule has 0 N–H and O–H groups in total. The molecule has 7 heteroatoms. The minimum Gasteiger partial charge on any atom is -0.543 e. The molecule has 36 heavy (non-hydrogen) atoms. The number of nitrogens with zero attached hydrogens (tertiary/aromatic N) is 2. The van der Waals surface area contributed by atoms with Crippen molar-refractivity contribution in [2.75, 3.05) is 25.9 Å². The van der Waals surface area contributed by atoms with E-state index in [2.05, 4.69) is 88.4 Å².